The first-order valence-corrected chi connectivity index (χ1v) is 7.43. The van der Waals surface area contributed by atoms with Crippen LogP contribution in [0.15, 0.2) is 0 Å². The van der Waals surface area contributed by atoms with Crippen LogP contribution in [-0.2, 0) is 9.47 Å². The molecule has 1 spiro atoms. The van der Waals surface area contributed by atoms with Gasteiger partial charge in [-0.2, -0.15) is 0 Å². The fraction of sp³-hybridized carbons (Fsp3) is 1.00. The van der Waals surface area contributed by atoms with Gasteiger partial charge < -0.3 is 14.6 Å². The zero-order valence-electron chi connectivity index (χ0n) is 11.9. The van der Waals surface area contributed by atoms with E-state index < -0.39 is 5.60 Å². The van der Waals surface area contributed by atoms with Gasteiger partial charge in [-0.05, 0) is 44.9 Å². The van der Waals surface area contributed by atoms with Crippen LogP contribution in [0, 0.1) is 5.92 Å². The highest BCUT2D eigenvalue weighted by molar-refractivity contribution is 4.95. The third kappa shape index (κ3) is 3.25. The van der Waals surface area contributed by atoms with Gasteiger partial charge in [0, 0.05) is 20.3 Å². The van der Waals surface area contributed by atoms with Gasteiger partial charge in [-0.15, -0.1) is 0 Å². The Morgan fingerprint density at radius 3 is 2.72 bits per heavy atom. The lowest BCUT2D eigenvalue weighted by molar-refractivity contribution is -0.155. The van der Waals surface area contributed by atoms with Crippen LogP contribution in [0.3, 0.4) is 0 Å². The van der Waals surface area contributed by atoms with E-state index in [4.69, 9.17) is 9.47 Å². The lowest BCUT2D eigenvalue weighted by Crippen LogP contribution is -2.48. The van der Waals surface area contributed by atoms with Crippen LogP contribution in [0.4, 0.5) is 0 Å². The largest absolute Gasteiger partial charge is 0.390 e. The highest BCUT2D eigenvalue weighted by Gasteiger charge is 2.44. The molecule has 0 aromatic carbocycles. The summed E-state index contributed by atoms with van der Waals surface area (Å²) in [6.07, 6.45) is 9.02. The van der Waals surface area contributed by atoms with E-state index in [9.17, 15) is 5.11 Å². The molecule has 1 N–H and O–H groups in total. The molecule has 3 heteroatoms. The third-order valence-electron chi connectivity index (χ3n) is 4.95. The maximum Gasteiger partial charge on any atom is 0.0686 e. The molecule has 0 amide bonds. The quantitative estimate of drug-likeness (QED) is 0.840. The zero-order valence-corrected chi connectivity index (χ0v) is 11.9. The Morgan fingerprint density at radius 2 is 2.06 bits per heavy atom. The van der Waals surface area contributed by atoms with E-state index in [2.05, 4.69) is 0 Å². The van der Waals surface area contributed by atoms with Crippen LogP contribution in [0.25, 0.3) is 0 Å². The summed E-state index contributed by atoms with van der Waals surface area (Å²) in [7, 11) is 1.70. The molecule has 2 fully saturated rings. The van der Waals surface area contributed by atoms with Crippen LogP contribution in [0.2, 0.25) is 0 Å². The van der Waals surface area contributed by atoms with Crippen LogP contribution in [0.5, 0.6) is 0 Å². The summed E-state index contributed by atoms with van der Waals surface area (Å²) in [4.78, 5) is 0. The first-order valence-electron chi connectivity index (χ1n) is 7.43. The standard InChI is InChI=1S/C15H28O3/c1-14(16,9-11-17-2)13-6-10-18-15(12-13)7-4-3-5-8-15/h13,16H,3-12H2,1-2H3. The Morgan fingerprint density at radius 1 is 1.33 bits per heavy atom. The molecule has 2 rings (SSSR count). The number of aliphatic hydroxyl groups is 1. The van der Waals surface area contributed by atoms with E-state index in [1.54, 1.807) is 7.11 Å². The van der Waals surface area contributed by atoms with E-state index >= 15 is 0 Å². The van der Waals surface area contributed by atoms with E-state index in [0.717, 1.165) is 25.9 Å². The summed E-state index contributed by atoms with van der Waals surface area (Å²) < 4.78 is 11.2. The van der Waals surface area contributed by atoms with Gasteiger partial charge in [0.2, 0.25) is 0 Å². The van der Waals surface area contributed by atoms with Crippen LogP contribution < -0.4 is 0 Å². The molecule has 0 radical (unpaired) electrons. The van der Waals surface area contributed by atoms with Crippen molar-refractivity contribution >= 4 is 0 Å². The average Bonchev–Trinajstić information content (AvgIpc) is 2.37. The van der Waals surface area contributed by atoms with Gasteiger partial charge in [-0.1, -0.05) is 19.3 Å². The molecule has 1 aliphatic carbocycles. The molecule has 106 valence electrons. The topological polar surface area (TPSA) is 38.7 Å². The van der Waals surface area contributed by atoms with Crippen molar-refractivity contribution < 1.29 is 14.6 Å². The fourth-order valence-corrected chi connectivity index (χ4v) is 3.62. The van der Waals surface area contributed by atoms with Crippen molar-refractivity contribution in [3.05, 3.63) is 0 Å². The molecule has 1 saturated heterocycles. The lowest BCUT2D eigenvalue weighted by Gasteiger charge is -2.47. The van der Waals surface area contributed by atoms with Crippen molar-refractivity contribution in [1.29, 1.82) is 0 Å². The molecule has 0 aromatic rings. The predicted octanol–water partition coefficient (Wildman–Crippen LogP) is 2.90. The van der Waals surface area contributed by atoms with Gasteiger partial charge in [0.25, 0.3) is 0 Å². The maximum absolute atomic E-state index is 10.6. The van der Waals surface area contributed by atoms with Crippen molar-refractivity contribution in [2.24, 2.45) is 5.92 Å². The number of rotatable bonds is 4. The molecule has 0 aromatic heterocycles. The number of ether oxygens (including phenoxy) is 2. The van der Waals surface area contributed by atoms with Gasteiger partial charge in [0.05, 0.1) is 11.2 Å². The summed E-state index contributed by atoms with van der Waals surface area (Å²) in [6.45, 7) is 3.42. The molecule has 2 unspecified atom stereocenters. The molecule has 1 saturated carbocycles. The molecule has 1 aliphatic heterocycles. The van der Waals surface area contributed by atoms with Gasteiger partial charge in [-0.25, -0.2) is 0 Å². The van der Waals surface area contributed by atoms with E-state index in [1.165, 1.54) is 32.1 Å². The van der Waals surface area contributed by atoms with Crippen molar-refractivity contribution in [3.63, 3.8) is 0 Å². The van der Waals surface area contributed by atoms with Crippen LogP contribution in [0.1, 0.15) is 58.3 Å². The molecule has 18 heavy (non-hydrogen) atoms. The second kappa shape index (κ2) is 5.89. The molecular formula is C15H28O3. The predicted molar refractivity (Wildman–Crippen MR) is 71.6 cm³/mol. The minimum atomic E-state index is -0.607. The van der Waals surface area contributed by atoms with Crippen LogP contribution >= 0.6 is 0 Å². The maximum atomic E-state index is 10.6. The monoisotopic (exact) mass is 256 g/mol. The van der Waals surface area contributed by atoms with E-state index in [-0.39, 0.29) is 5.60 Å². The summed E-state index contributed by atoms with van der Waals surface area (Å²) in [6, 6.07) is 0. The van der Waals surface area contributed by atoms with Gasteiger partial charge in [-0.3, -0.25) is 0 Å². The molecule has 1 heterocycles. The number of hydrogen-bond donors (Lipinski definition) is 1. The van der Waals surface area contributed by atoms with Crippen molar-refractivity contribution in [2.45, 2.75) is 69.5 Å². The Hall–Kier alpha value is -0.120. The molecular weight excluding hydrogens is 228 g/mol. The van der Waals surface area contributed by atoms with Gasteiger partial charge in [0.15, 0.2) is 0 Å². The number of hydrogen-bond acceptors (Lipinski definition) is 3. The first kappa shape index (κ1) is 14.3. The van der Waals surface area contributed by atoms with E-state index in [0.29, 0.717) is 12.5 Å². The second-order valence-corrected chi connectivity index (χ2v) is 6.38. The normalized spacial score (nSPS) is 31.2. The molecule has 0 bridgehead atoms. The SMILES string of the molecule is COCCC(C)(O)C1CCOC2(CCCCC2)C1. The summed E-state index contributed by atoms with van der Waals surface area (Å²) in [5, 5.41) is 10.6. The van der Waals surface area contributed by atoms with Crippen molar-refractivity contribution in [1.82, 2.24) is 0 Å². The number of methoxy groups -OCH3 is 1. The molecule has 3 nitrogen and oxygen atoms in total. The van der Waals surface area contributed by atoms with Crippen molar-refractivity contribution in [2.75, 3.05) is 20.3 Å². The van der Waals surface area contributed by atoms with Gasteiger partial charge >= 0.3 is 0 Å². The van der Waals surface area contributed by atoms with E-state index in [1.807, 2.05) is 6.92 Å². The summed E-state index contributed by atoms with van der Waals surface area (Å²) in [5.41, 5.74) is -0.525. The fourth-order valence-electron chi connectivity index (χ4n) is 3.62. The highest BCUT2D eigenvalue weighted by Crippen LogP contribution is 2.44. The zero-order chi connectivity index (χ0) is 13.1. The minimum Gasteiger partial charge on any atom is -0.390 e. The van der Waals surface area contributed by atoms with Crippen molar-refractivity contribution in [3.8, 4) is 0 Å². The lowest BCUT2D eigenvalue weighted by atomic mass is 9.70. The molecule has 2 atom stereocenters. The average molecular weight is 256 g/mol. The Labute approximate surface area is 111 Å². The summed E-state index contributed by atoms with van der Waals surface area (Å²) >= 11 is 0. The first-order chi connectivity index (χ1) is 8.58. The van der Waals surface area contributed by atoms with Crippen LogP contribution in [-0.4, -0.2) is 36.6 Å². The third-order valence-corrected chi connectivity index (χ3v) is 4.95. The smallest absolute Gasteiger partial charge is 0.0686 e. The summed E-state index contributed by atoms with van der Waals surface area (Å²) in [5.74, 6) is 0.361. The highest BCUT2D eigenvalue weighted by atomic mass is 16.5. The Bertz CT molecular complexity index is 251. The second-order valence-electron chi connectivity index (χ2n) is 6.38. The molecule has 2 aliphatic rings. The Balaban J connectivity index is 1.96. The minimum absolute atomic E-state index is 0.0816. The Kier molecular flexibility index (Phi) is 4.68. The van der Waals surface area contributed by atoms with Gasteiger partial charge in [0.1, 0.15) is 0 Å².